The summed E-state index contributed by atoms with van der Waals surface area (Å²) in [6.07, 6.45) is 1.31. The maximum atomic E-state index is 8.73. The molecule has 0 amide bonds. The van der Waals surface area contributed by atoms with Gasteiger partial charge in [-0.1, -0.05) is 6.58 Å². The Morgan fingerprint density at radius 1 is 1.54 bits per heavy atom. The first-order chi connectivity index (χ1) is 6.31. The van der Waals surface area contributed by atoms with Crippen molar-refractivity contribution < 1.29 is 9.47 Å². The van der Waals surface area contributed by atoms with Crippen molar-refractivity contribution in [3.63, 3.8) is 0 Å². The SMILES string of the molecule is C=COc1ccc(OC)c(C#N)c1. The largest absolute Gasteiger partial charge is 0.495 e. The average molecular weight is 175 g/mol. The molecule has 0 radical (unpaired) electrons. The maximum absolute atomic E-state index is 8.73. The second-order valence-electron chi connectivity index (χ2n) is 2.26. The molecule has 0 bridgehead atoms. The van der Waals surface area contributed by atoms with Crippen LogP contribution in [-0.4, -0.2) is 7.11 Å². The molecule has 0 fully saturated rings. The third-order valence-corrected chi connectivity index (χ3v) is 1.51. The Morgan fingerprint density at radius 3 is 2.85 bits per heavy atom. The third kappa shape index (κ3) is 2.00. The molecule has 0 saturated heterocycles. The molecule has 0 saturated carbocycles. The molecule has 0 aliphatic carbocycles. The standard InChI is InChI=1S/C10H9NO2/c1-3-13-9-4-5-10(12-2)8(6-9)7-11/h3-6H,1H2,2H3. The zero-order chi connectivity index (χ0) is 9.68. The van der Waals surface area contributed by atoms with Gasteiger partial charge in [0.1, 0.15) is 17.6 Å². The number of methoxy groups -OCH3 is 1. The molecule has 0 heterocycles. The van der Waals surface area contributed by atoms with Crippen LogP contribution >= 0.6 is 0 Å². The van der Waals surface area contributed by atoms with Gasteiger partial charge < -0.3 is 9.47 Å². The lowest BCUT2D eigenvalue weighted by Gasteiger charge is -2.04. The molecule has 1 aromatic rings. The predicted octanol–water partition coefficient (Wildman–Crippen LogP) is 2.09. The molecule has 0 aromatic heterocycles. The molecule has 3 heteroatoms. The second-order valence-corrected chi connectivity index (χ2v) is 2.26. The Morgan fingerprint density at radius 2 is 2.31 bits per heavy atom. The van der Waals surface area contributed by atoms with Gasteiger partial charge in [0.2, 0.25) is 0 Å². The summed E-state index contributed by atoms with van der Waals surface area (Å²) in [5.74, 6) is 1.12. The van der Waals surface area contributed by atoms with Crippen LogP contribution in [-0.2, 0) is 0 Å². The maximum Gasteiger partial charge on any atom is 0.136 e. The Kier molecular flexibility index (Phi) is 2.93. The highest BCUT2D eigenvalue weighted by Crippen LogP contribution is 2.22. The molecule has 1 rings (SSSR count). The summed E-state index contributed by atoms with van der Waals surface area (Å²) in [5.41, 5.74) is 0.446. The van der Waals surface area contributed by atoms with E-state index in [0.29, 0.717) is 17.1 Å². The van der Waals surface area contributed by atoms with Crippen LogP contribution in [0, 0.1) is 11.3 Å². The summed E-state index contributed by atoms with van der Waals surface area (Å²) in [4.78, 5) is 0. The molecular weight excluding hydrogens is 166 g/mol. The van der Waals surface area contributed by atoms with Crippen LogP contribution in [0.15, 0.2) is 31.0 Å². The Labute approximate surface area is 76.8 Å². The number of hydrogen-bond donors (Lipinski definition) is 0. The number of nitrogens with zero attached hydrogens (tertiary/aromatic N) is 1. The van der Waals surface area contributed by atoms with Crippen molar-refractivity contribution in [1.29, 1.82) is 5.26 Å². The van der Waals surface area contributed by atoms with Gasteiger partial charge in [-0.3, -0.25) is 0 Å². The normalized spacial score (nSPS) is 8.62. The summed E-state index contributed by atoms with van der Waals surface area (Å²) >= 11 is 0. The molecule has 0 aliphatic rings. The van der Waals surface area contributed by atoms with Crippen LogP contribution in [0.3, 0.4) is 0 Å². The molecule has 1 aromatic carbocycles. The van der Waals surface area contributed by atoms with Gasteiger partial charge in [-0.25, -0.2) is 0 Å². The van der Waals surface area contributed by atoms with Crippen molar-refractivity contribution in [2.45, 2.75) is 0 Å². The Hall–Kier alpha value is -1.95. The highest BCUT2D eigenvalue weighted by molar-refractivity contribution is 5.47. The summed E-state index contributed by atoms with van der Waals surface area (Å²) < 4.78 is 9.97. The topological polar surface area (TPSA) is 42.2 Å². The van der Waals surface area contributed by atoms with Crippen LogP contribution in [0.25, 0.3) is 0 Å². The summed E-state index contributed by atoms with van der Waals surface area (Å²) in [6, 6.07) is 6.99. The highest BCUT2D eigenvalue weighted by Gasteiger charge is 2.02. The van der Waals surface area contributed by atoms with E-state index < -0.39 is 0 Å². The monoisotopic (exact) mass is 175 g/mol. The van der Waals surface area contributed by atoms with Gasteiger partial charge >= 0.3 is 0 Å². The first-order valence-corrected chi connectivity index (χ1v) is 3.67. The lowest BCUT2D eigenvalue weighted by atomic mass is 10.2. The molecule has 0 N–H and O–H groups in total. The zero-order valence-corrected chi connectivity index (χ0v) is 7.28. The van der Waals surface area contributed by atoms with Crippen LogP contribution in [0.4, 0.5) is 0 Å². The smallest absolute Gasteiger partial charge is 0.136 e. The van der Waals surface area contributed by atoms with E-state index >= 15 is 0 Å². The number of benzene rings is 1. The first-order valence-electron chi connectivity index (χ1n) is 3.67. The lowest BCUT2D eigenvalue weighted by Crippen LogP contribution is -1.89. The van der Waals surface area contributed by atoms with Crippen LogP contribution in [0.5, 0.6) is 11.5 Å². The van der Waals surface area contributed by atoms with Crippen LogP contribution in [0.1, 0.15) is 5.56 Å². The van der Waals surface area contributed by atoms with Gasteiger partial charge in [-0.15, -0.1) is 0 Å². The molecule has 66 valence electrons. The minimum atomic E-state index is 0.446. The summed E-state index contributed by atoms with van der Waals surface area (Å²) in [7, 11) is 1.52. The number of rotatable bonds is 3. The number of nitriles is 1. The molecule has 3 nitrogen and oxygen atoms in total. The Bertz CT molecular complexity index is 352. The fourth-order valence-electron chi connectivity index (χ4n) is 0.944. The fraction of sp³-hybridized carbons (Fsp3) is 0.100. The minimum absolute atomic E-state index is 0.446. The van der Waals surface area contributed by atoms with Crippen molar-refractivity contribution in [3.05, 3.63) is 36.6 Å². The number of hydrogen-bond acceptors (Lipinski definition) is 3. The van der Waals surface area contributed by atoms with E-state index in [2.05, 4.69) is 6.58 Å². The van der Waals surface area contributed by atoms with Gasteiger partial charge in [-0.2, -0.15) is 5.26 Å². The van der Waals surface area contributed by atoms with E-state index in [4.69, 9.17) is 14.7 Å². The highest BCUT2D eigenvalue weighted by atomic mass is 16.5. The molecule has 0 unspecified atom stereocenters. The summed E-state index contributed by atoms with van der Waals surface area (Å²) in [5, 5.41) is 8.73. The average Bonchev–Trinajstić information content (AvgIpc) is 2.18. The van der Waals surface area contributed by atoms with Gasteiger partial charge in [-0.05, 0) is 12.1 Å². The van der Waals surface area contributed by atoms with Crippen molar-refractivity contribution >= 4 is 0 Å². The van der Waals surface area contributed by atoms with E-state index in [0.717, 1.165) is 0 Å². The van der Waals surface area contributed by atoms with E-state index in [-0.39, 0.29) is 0 Å². The fourth-order valence-corrected chi connectivity index (χ4v) is 0.944. The molecule has 0 aliphatic heterocycles. The number of ether oxygens (including phenoxy) is 2. The van der Waals surface area contributed by atoms with Crippen LogP contribution < -0.4 is 9.47 Å². The van der Waals surface area contributed by atoms with Crippen molar-refractivity contribution in [3.8, 4) is 17.6 Å². The lowest BCUT2D eigenvalue weighted by molar-refractivity contribution is 0.411. The molecule has 0 spiro atoms. The Balaban J connectivity index is 3.07. The third-order valence-electron chi connectivity index (χ3n) is 1.51. The van der Waals surface area contributed by atoms with Gasteiger partial charge in [0.05, 0.1) is 18.9 Å². The van der Waals surface area contributed by atoms with E-state index in [1.807, 2.05) is 6.07 Å². The molecule has 0 atom stereocenters. The second kappa shape index (κ2) is 4.17. The first kappa shape index (κ1) is 9.14. The van der Waals surface area contributed by atoms with Gasteiger partial charge in [0.15, 0.2) is 0 Å². The van der Waals surface area contributed by atoms with Gasteiger partial charge in [0.25, 0.3) is 0 Å². The minimum Gasteiger partial charge on any atom is -0.495 e. The van der Waals surface area contributed by atoms with E-state index in [9.17, 15) is 0 Å². The van der Waals surface area contributed by atoms with E-state index in [1.54, 1.807) is 18.2 Å². The summed E-state index contributed by atoms with van der Waals surface area (Å²) in [6.45, 7) is 3.42. The van der Waals surface area contributed by atoms with Crippen molar-refractivity contribution in [2.75, 3.05) is 7.11 Å². The zero-order valence-electron chi connectivity index (χ0n) is 7.28. The van der Waals surface area contributed by atoms with Crippen LogP contribution in [0.2, 0.25) is 0 Å². The predicted molar refractivity (Wildman–Crippen MR) is 48.5 cm³/mol. The van der Waals surface area contributed by atoms with Crippen molar-refractivity contribution in [2.24, 2.45) is 0 Å². The van der Waals surface area contributed by atoms with Gasteiger partial charge in [0, 0.05) is 6.07 Å². The quantitative estimate of drug-likeness (QED) is 0.660. The molecule has 13 heavy (non-hydrogen) atoms. The van der Waals surface area contributed by atoms with Crippen molar-refractivity contribution in [1.82, 2.24) is 0 Å². The van der Waals surface area contributed by atoms with E-state index in [1.165, 1.54) is 13.4 Å². The molecular formula is C10H9NO2.